The van der Waals surface area contributed by atoms with Crippen molar-refractivity contribution in [1.29, 1.82) is 0 Å². The van der Waals surface area contributed by atoms with Crippen LogP contribution in [0.15, 0.2) is 42.5 Å². The highest BCUT2D eigenvalue weighted by Gasteiger charge is 2.18. The summed E-state index contributed by atoms with van der Waals surface area (Å²) in [5, 5.41) is 2.81. The highest BCUT2D eigenvalue weighted by atomic mass is 16.6. The minimum absolute atomic E-state index is 0.0431. The van der Waals surface area contributed by atoms with Crippen molar-refractivity contribution in [3.63, 3.8) is 0 Å². The van der Waals surface area contributed by atoms with Crippen LogP contribution in [0.2, 0.25) is 0 Å². The van der Waals surface area contributed by atoms with E-state index in [1.807, 2.05) is 6.92 Å². The van der Waals surface area contributed by atoms with E-state index in [0.29, 0.717) is 49.1 Å². The van der Waals surface area contributed by atoms with Gasteiger partial charge in [0.05, 0.1) is 6.61 Å². The second-order valence-corrected chi connectivity index (χ2v) is 6.95. The van der Waals surface area contributed by atoms with Crippen LogP contribution in [0.4, 0.5) is 5.69 Å². The Labute approximate surface area is 176 Å². The minimum atomic E-state index is -0.276. The molecule has 2 aromatic rings. The van der Waals surface area contributed by atoms with Gasteiger partial charge in [0.25, 0.3) is 5.91 Å². The van der Waals surface area contributed by atoms with Gasteiger partial charge in [-0.15, -0.1) is 0 Å². The summed E-state index contributed by atoms with van der Waals surface area (Å²) >= 11 is 0. The number of nitrogens with zero attached hydrogens (tertiary/aromatic N) is 1. The second kappa shape index (κ2) is 10.5. The molecular formula is C23H28N2O5. The molecule has 0 saturated carbocycles. The fourth-order valence-corrected chi connectivity index (χ4v) is 3.03. The van der Waals surface area contributed by atoms with Gasteiger partial charge in [-0.2, -0.15) is 0 Å². The van der Waals surface area contributed by atoms with Crippen molar-refractivity contribution in [3.8, 4) is 17.2 Å². The molecule has 0 spiro atoms. The lowest BCUT2D eigenvalue weighted by Gasteiger charge is -2.21. The van der Waals surface area contributed by atoms with Gasteiger partial charge in [0.1, 0.15) is 25.5 Å². The fraction of sp³-hybridized carbons (Fsp3) is 0.391. The molecule has 7 nitrogen and oxygen atoms in total. The number of fused-ring (bicyclic) bond motifs is 1. The van der Waals surface area contributed by atoms with Crippen LogP contribution in [0.1, 0.15) is 37.0 Å². The number of anilines is 1. The number of carbonyl (C=O) groups excluding carboxylic acids is 2. The maximum atomic E-state index is 12.8. The molecule has 0 radical (unpaired) electrons. The lowest BCUT2D eigenvalue weighted by atomic mass is 10.2. The third kappa shape index (κ3) is 5.65. The average Bonchev–Trinajstić information content (AvgIpc) is 2.77. The van der Waals surface area contributed by atoms with Crippen LogP contribution in [0.5, 0.6) is 17.2 Å². The van der Waals surface area contributed by atoms with Gasteiger partial charge in [-0.25, -0.2) is 0 Å². The van der Waals surface area contributed by atoms with E-state index in [0.717, 1.165) is 18.6 Å². The van der Waals surface area contributed by atoms with E-state index in [9.17, 15) is 9.59 Å². The Morgan fingerprint density at radius 1 is 1.03 bits per heavy atom. The third-order valence-corrected chi connectivity index (χ3v) is 4.70. The summed E-state index contributed by atoms with van der Waals surface area (Å²) in [6.45, 7) is 5.97. The van der Waals surface area contributed by atoms with Gasteiger partial charge in [-0.05, 0) is 49.7 Å². The fourth-order valence-electron chi connectivity index (χ4n) is 3.03. The van der Waals surface area contributed by atoms with Crippen LogP contribution in [0.25, 0.3) is 0 Å². The van der Waals surface area contributed by atoms with Gasteiger partial charge in [0.15, 0.2) is 11.5 Å². The first-order chi connectivity index (χ1) is 14.6. The molecule has 1 aliphatic heterocycles. The Balaban J connectivity index is 1.57. The Morgan fingerprint density at radius 2 is 1.77 bits per heavy atom. The van der Waals surface area contributed by atoms with Crippen LogP contribution in [-0.2, 0) is 4.79 Å². The van der Waals surface area contributed by atoms with Crippen molar-refractivity contribution in [1.82, 2.24) is 4.90 Å². The monoisotopic (exact) mass is 412 g/mol. The maximum absolute atomic E-state index is 12.8. The Bertz CT molecular complexity index is 866. The molecule has 0 fully saturated rings. The number of hydrogen-bond donors (Lipinski definition) is 1. The molecule has 0 atom stereocenters. The number of likely N-dealkylation sites (N-methyl/N-ethyl adjacent to an activating group) is 1. The van der Waals surface area contributed by atoms with E-state index in [4.69, 9.17) is 14.2 Å². The molecule has 30 heavy (non-hydrogen) atoms. The molecule has 1 heterocycles. The van der Waals surface area contributed by atoms with E-state index in [1.54, 1.807) is 42.5 Å². The van der Waals surface area contributed by atoms with Gasteiger partial charge in [-0.3, -0.25) is 9.59 Å². The summed E-state index contributed by atoms with van der Waals surface area (Å²) in [5.41, 5.74) is 1.12. The van der Waals surface area contributed by atoms with E-state index in [1.165, 1.54) is 4.90 Å². The Morgan fingerprint density at radius 3 is 2.47 bits per heavy atom. The zero-order chi connectivity index (χ0) is 21.3. The summed E-state index contributed by atoms with van der Waals surface area (Å²) in [5.74, 6) is 1.52. The molecule has 0 saturated heterocycles. The van der Waals surface area contributed by atoms with Crippen LogP contribution in [0, 0.1) is 0 Å². The normalized spacial score (nSPS) is 12.2. The highest BCUT2D eigenvalue weighted by Crippen LogP contribution is 2.32. The number of carbonyl (C=O) groups is 2. The van der Waals surface area contributed by atoms with Gasteiger partial charge in [0, 0.05) is 23.9 Å². The van der Waals surface area contributed by atoms with E-state index in [-0.39, 0.29) is 18.4 Å². The summed E-state index contributed by atoms with van der Waals surface area (Å²) in [6.07, 6.45) is 2.05. The topological polar surface area (TPSA) is 77.1 Å². The SMILES string of the molecule is CCCCOc1ccc(C(=O)N(CC)CC(=O)Nc2ccc3c(c2)OCCO3)cc1. The standard InChI is InChI=1S/C23H28N2O5/c1-3-5-12-28-19-9-6-17(7-10-19)23(27)25(4-2)16-22(26)24-18-8-11-20-21(15-18)30-14-13-29-20/h6-11,15H,3-5,12-14,16H2,1-2H3,(H,24,26). The summed E-state index contributed by atoms with van der Waals surface area (Å²) in [6, 6.07) is 12.3. The van der Waals surface area contributed by atoms with Gasteiger partial charge >= 0.3 is 0 Å². The number of amides is 2. The first-order valence-electron chi connectivity index (χ1n) is 10.3. The smallest absolute Gasteiger partial charge is 0.254 e. The molecule has 1 aliphatic rings. The lowest BCUT2D eigenvalue weighted by Crippen LogP contribution is -2.37. The number of unbranched alkanes of at least 4 members (excludes halogenated alkanes) is 1. The zero-order valence-corrected chi connectivity index (χ0v) is 17.5. The van der Waals surface area contributed by atoms with Gasteiger partial charge < -0.3 is 24.4 Å². The van der Waals surface area contributed by atoms with Crippen molar-refractivity contribution in [2.24, 2.45) is 0 Å². The molecule has 7 heteroatoms. The molecule has 0 unspecified atom stereocenters. The van der Waals surface area contributed by atoms with Gasteiger partial charge in [-0.1, -0.05) is 13.3 Å². The Hall–Kier alpha value is -3.22. The number of rotatable bonds is 9. The van der Waals surface area contributed by atoms with Crippen molar-refractivity contribution in [2.75, 3.05) is 38.2 Å². The largest absolute Gasteiger partial charge is 0.494 e. The molecule has 0 aliphatic carbocycles. The van der Waals surface area contributed by atoms with Crippen LogP contribution >= 0.6 is 0 Å². The molecule has 2 amide bonds. The predicted molar refractivity (Wildman–Crippen MR) is 114 cm³/mol. The molecular weight excluding hydrogens is 384 g/mol. The van der Waals surface area contributed by atoms with E-state index in [2.05, 4.69) is 12.2 Å². The van der Waals surface area contributed by atoms with Crippen LogP contribution in [0.3, 0.4) is 0 Å². The van der Waals surface area contributed by atoms with E-state index < -0.39 is 0 Å². The molecule has 0 aromatic heterocycles. The van der Waals surface area contributed by atoms with Crippen LogP contribution < -0.4 is 19.5 Å². The molecule has 2 aromatic carbocycles. The van der Waals surface area contributed by atoms with Crippen molar-refractivity contribution in [2.45, 2.75) is 26.7 Å². The summed E-state index contributed by atoms with van der Waals surface area (Å²) in [7, 11) is 0. The van der Waals surface area contributed by atoms with Crippen molar-refractivity contribution >= 4 is 17.5 Å². The predicted octanol–water partition coefficient (Wildman–Crippen LogP) is 3.74. The summed E-state index contributed by atoms with van der Waals surface area (Å²) < 4.78 is 16.6. The minimum Gasteiger partial charge on any atom is -0.494 e. The molecule has 0 bridgehead atoms. The first kappa shape index (κ1) is 21.5. The number of ether oxygens (including phenoxy) is 3. The first-order valence-corrected chi connectivity index (χ1v) is 10.3. The van der Waals surface area contributed by atoms with Crippen molar-refractivity contribution < 1.29 is 23.8 Å². The average molecular weight is 412 g/mol. The molecule has 3 rings (SSSR count). The van der Waals surface area contributed by atoms with Crippen molar-refractivity contribution in [3.05, 3.63) is 48.0 Å². The maximum Gasteiger partial charge on any atom is 0.254 e. The number of nitrogens with one attached hydrogen (secondary N) is 1. The summed E-state index contributed by atoms with van der Waals surface area (Å²) in [4.78, 5) is 26.8. The third-order valence-electron chi connectivity index (χ3n) is 4.70. The van der Waals surface area contributed by atoms with Crippen LogP contribution in [-0.4, -0.2) is 49.6 Å². The van der Waals surface area contributed by atoms with E-state index >= 15 is 0 Å². The Kier molecular flexibility index (Phi) is 7.54. The lowest BCUT2D eigenvalue weighted by molar-refractivity contribution is -0.116. The highest BCUT2D eigenvalue weighted by molar-refractivity contribution is 5.99. The zero-order valence-electron chi connectivity index (χ0n) is 17.5. The quantitative estimate of drug-likeness (QED) is 0.635. The van der Waals surface area contributed by atoms with Gasteiger partial charge in [0.2, 0.25) is 5.91 Å². The second-order valence-electron chi connectivity index (χ2n) is 6.95. The molecule has 1 N–H and O–H groups in total. The number of hydrogen-bond acceptors (Lipinski definition) is 5. The molecule has 160 valence electrons. The number of benzene rings is 2.